The molecule has 2 aromatic carbocycles. The first kappa shape index (κ1) is 17.7. The summed E-state index contributed by atoms with van der Waals surface area (Å²) in [5, 5.41) is 20.8. The molecule has 6 heteroatoms. The highest BCUT2D eigenvalue weighted by Crippen LogP contribution is 2.31. The molecule has 0 aliphatic rings. The molecule has 1 amide bonds. The first-order valence-electron chi connectivity index (χ1n) is 7.53. The summed E-state index contributed by atoms with van der Waals surface area (Å²) < 4.78 is 0. The van der Waals surface area contributed by atoms with E-state index in [1.54, 1.807) is 25.1 Å². The number of phenolic OH excluding ortho intramolecular Hbond substituents is 1. The van der Waals surface area contributed by atoms with Crippen LogP contribution >= 0.6 is 0 Å². The zero-order valence-corrected chi connectivity index (χ0v) is 13.5. The summed E-state index contributed by atoms with van der Waals surface area (Å²) in [6.45, 7) is 3.50. The van der Waals surface area contributed by atoms with Gasteiger partial charge in [0.1, 0.15) is 5.75 Å². The van der Waals surface area contributed by atoms with Gasteiger partial charge in [-0.2, -0.15) is 0 Å². The average molecular weight is 328 g/mol. The van der Waals surface area contributed by atoms with E-state index in [-0.39, 0.29) is 16.9 Å². The Bertz CT molecular complexity index is 774. The molecule has 1 unspecified atom stereocenters. The lowest BCUT2D eigenvalue weighted by Gasteiger charge is -2.26. The summed E-state index contributed by atoms with van der Waals surface area (Å²) in [5.74, 6) is 3.42. The second kappa shape index (κ2) is 6.82. The Labute approximate surface area is 139 Å². The van der Waals surface area contributed by atoms with Crippen molar-refractivity contribution >= 4 is 11.7 Å². The number of rotatable bonds is 5. The van der Waals surface area contributed by atoms with E-state index in [4.69, 9.17) is 5.84 Å². The molecule has 0 saturated heterocycles. The number of hydrogen-bond acceptors (Lipinski definition) is 5. The Morgan fingerprint density at radius 2 is 1.79 bits per heavy atom. The van der Waals surface area contributed by atoms with Gasteiger partial charge in [0.2, 0.25) is 11.4 Å². The normalized spacial score (nSPS) is 13.2. The van der Waals surface area contributed by atoms with Crippen LogP contribution in [0.2, 0.25) is 0 Å². The number of aromatic hydroxyl groups is 1. The zero-order chi connectivity index (χ0) is 17.9. The molecule has 6 nitrogen and oxygen atoms in total. The molecule has 0 radical (unpaired) electrons. The maximum Gasteiger partial charge on any atom is 0.278 e. The largest absolute Gasteiger partial charge is 0.508 e. The lowest BCUT2D eigenvalue weighted by Crippen LogP contribution is -2.52. The molecular formula is C18H20N2O4. The predicted octanol–water partition coefficient (Wildman–Crippen LogP) is 1.32. The fourth-order valence-electron chi connectivity index (χ4n) is 2.76. The van der Waals surface area contributed by atoms with Crippen molar-refractivity contribution in [3.8, 4) is 5.75 Å². The number of aliphatic hydroxyl groups is 1. The van der Waals surface area contributed by atoms with Crippen LogP contribution in [0.4, 0.5) is 0 Å². The predicted molar refractivity (Wildman–Crippen MR) is 89.2 cm³/mol. The maximum absolute atomic E-state index is 13.1. The lowest BCUT2D eigenvalue weighted by atomic mass is 9.82. The fourth-order valence-corrected chi connectivity index (χ4v) is 2.76. The minimum absolute atomic E-state index is 0.0509. The monoisotopic (exact) mass is 328 g/mol. The number of Topliss-reactive ketones (excluding diaryl/α,β-unsaturated/α-hetero) is 1. The molecule has 0 bridgehead atoms. The molecular weight excluding hydrogens is 308 g/mol. The lowest BCUT2D eigenvalue weighted by molar-refractivity contribution is -0.136. The van der Waals surface area contributed by atoms with Gasteiger partial charge in [-0.25, -0.2) is 5.84 Å². The van der Waals surface area contributed by atoms with Gasteiger partial charge in [0.05, 0.1) is 0 Å². The molecule has 0 aliphatic heterocycles. The topological polar surface area (TPSA) is 113 Å². The zero-order valence-electron chi connectivity index (χ0n) is 13.5. The SMILES string of the molecule is CCc1c(C(=O)C(O)(C(=O)NN)c2ccccc2)ccc(O)c1C. The number of hydrogen-bond donors (Lipinski definition) is 4. The maximum atomic E-state index is 13.1. The third-order valence-electron chi connectivity index (χ3n) is 4.15. The van der Waals surface area contributed by atoms with Crippen molar-refractivity contribution < 1.29 is 19.8 Å². The van der Waals surface area contributed by atoms with E-state index in [2.05, 4.69) is 0 Å². The molecule has 0 heterocycles. The van der Waals surface area contributed by atoms with E-state index >= 15 is 0 Å². The van der Waals surface area contributed by atoms with Crippen LogP contribution in [0.3, 0.4) is 0 Å². The molecule has 126 valence electrons. The Hall–Kier alpha value is -2.70. The molecule has 0 aromatic heterocycles. The number of ketones is 1. The molecule has 2 rings (SSSR count). The highest BCUT2D eigenvalue weighted by molar-refractivity contribution is 6.17. The van der Waals surface area contributed by atoms with Gasteiger partial charge in [-0.1, -0.05) is 37.3 Å². The second-order valence-electron chi connectivity index (χ2n) is 5.47. The van der Waals surface area contributed by atoms with E-state index < -0.39 is 17.3 Å². The van der Waals surface area contributed by atoms with Gasteiger partial charge in [0, 0.05) is 11.1 Å². The number of amides is 1. The highest BCUT2D eigenvalue weighted by Gasteiger charge is 2.46. The minimum Gasteiger partial charge on any atom is -0.508 e. The smallest absolute Gasteiger partial charge is 0.278 e. The van der Waals surface area contributed by atoms with Crippen molar-refractivity contribution in [2.45, 2.75) is 25.9 Å². The molecule has 0 aliphatic carbocycles. The number of phenols is 1. The first-order valence-corrected chi connectivity index (χ1v) is 7.53. The van der Waals surface area contributed by atoms with Crippen molar-refractivity contribution in [2.24, 2.45) is 5.84 Å². The second-order valence-corrected chi connectivity index (χ2v) is 5.47. The molecule has 2 aromatic rings. The van der Waals surface area contributed by atoms with E-state index in [0.717, 1.165) is 0 Å². The van der Waals surface area contributed by atoms with Crippen molar-refractivity contribution in [3.63, 3.8) is 0 Å². The highest BCUT2D eigenvalue weighted by atomic mass is 16.3. The van der Waals surface area contributed by atoms with Crippen LogP contribution in [0, 0.1) is 6.92 Å². The standard InChI is InChI=1S/C18H20N2O4/c1-3-13-11(2)15(21)10-9-14(13)16(22)18(24,17(23)20-19)12-7-5-4-6-8-12/h4-10,21,24H,3,19H2,1-2H3,(H,20,23). The van der Waals surface area contributed by atoms with Crippen molar-refractivity contribution in [1.82, 2.24) is 5.43 Å². The molecule has 0 fully saturated rings. The van der Waals surface area contributed by atoms with Crippen LogP contribution in [-0.2, 0) is 16.8 Å². The Morgan fingerprint density at radius 1 is 1.17 bits per heavy atom. The summed E-state index contributed by atoms with van der Waals surface area (Å²) in [4.78, 5) is 25.3. The average Bonchev–Trinajstić information content (AvgIpc) is 2.62. The van der Waals surface area contributed by atoms with E-state index in [1.807, 2.05) is 12.3 Å². The van der Waals surface area contributed by atoms with Gasteiger partial charge in [-0.3, -0.25) is 15.0 Å². The Kier molecular flexibility index (Phi) is 5.02. The van der Waals surface area contributed by atoms with Gasteiger partial charge in [0.15, 0.2) is 0 Å². The van der Waals surface area contributed by atoms with Crippen LogP contribution in [0.1, 0.15) is 34.0 Å². The molecule has 24 heavy (non-hydrogen) atoms. The van der Waals surface area contributed by atoms with Gasteiger partial charge in [-0.05, 0) is 36.6 Å². The van der Waals surface area contributed by atoms with Crippen molar-refractivity contribution in [3.05, 3.63) is 64.7 Å². The van der Waals surface area contributed by atoms with Crippen LogP contribution in [0.5, 0.6) is 5.75 Å². The molecule has 5 N–H and O–H groups in total. The molecule has 0 saturated carbocycles. The van der Waals surface area contributed by atoms with Crippen molar-refractivity contribution in [1.29, 1.82) is 0 Å². The van der Waals surface area contributed by atoms with Crippen LogP contribution in [0.25, 0.3) is 0 Å². The number of carbonyl (C=O) groups is 2. The van der Waals surface area contributed by atoms with Gasteiger partial charge >= 0.3 is 0 Å². The van der Waals surface area contributed by atoms with Crippen LogP contribution in [-0.4, -0.2) is 21.9 Å². The third kappa shape index (κ3) is 2.77. The van der Waals surface area contributed by atoms with Crippen LogP contribution < -0.4 is 11.3 Å². The van der Waals surface area contributed by atoms with E-state index in [0.29, 0.717) is 17.5 Å². The van der Waals surface area contributed by atoms with Crippen molar-refractivity contribution in [2.75, 3.05) is 0 Å². The third-order valence-corrected chi connectivity index (χ3v) is 4.15. The Morgan fingerprint density at radius 3 is 2.33 bits per heavy atom. The summed E-state index contributed by atoms with van der Waals surface area (Å²) in [5.41, 5.74) is 0.793. The number of nitrogens with one attached hydrogen (secondary N) is 1. The number of nitrogens with two attached hydrogens (primary N) is 1. The van der Waals surface area contributed by atoms with Crippen LogP contribution in [0.15, 0.2) is 42.5 Å². The Balaban J connectivity index is 2.67. The summed E-state index contributed by atoms with van der Waals surface area (Å²) in [6, 6.07) is 10.7. The van der Waals surface area contributed by atoms with E-state index in [9.17, 15) is 19.8 Å². The summed E-state index contributed by atoms with van der Waals surface area (Å²) in [7, 11) is 0. The minimum atomic E-state index is -2.46. The fraction of sp³-hybridized carbons (Fsp3) is 0.222. The molecule has 0 spiro atoms. The van der Waals surface area contributed by atoms with E-state index in [1.165, 1.54) is 24.3 Å². The van der Waals surface area contributed by atoms with Gasteiger partial charge < -0.3 is 10.2 Å². The quantitative estimate of drug-likeness (QED) is 0.217. The summed E-state index contributed by atoms with van der Waals surface area (Å²) in [6.07, 6.45) is 0.455. The van der Waals surface area contributed by atoms with Gasteiger partial charge in [0.25, 0.3) is 5.91 Å². The number of carbonyl (C=O) groups excluding carboxylic acids is 2. The first-order chi connectivity index (χ1) is 11.4. The van der Waals surface area contributed by atoms with Gasteiger partial charge in [-0.15, -0.1) is 0 Å². The molecule has 1 atom stereocenters. The number of benzene rings is 2. The summed E-state index contributed by atoms with van der Waals surface area (Å²) >= 11 is 0. The number of hydrazine groups is 1.